The van der Waals surface area contributed by atoms with Gasteiger partial charge in [-0.2, -0.15) is 5.26 Å². The van der Waals surface area contributed by atoms with Gasteiger partial charge in [0.1, 0.15) is 0 Å². The lowest BCUT2D eigenvalue weighted by Gasteiger charge is -2.43. The molecule has 0 fully saturated rings. The summed E-state index contributed by atoms with van der Waals surface area (Å²) in [5.74, 6) is 1.62. The molecular formula is C37H22BN3OS. The molecule has 0 atom stereocenters. The summed E-state index contributed by atoms with van der Waals surface area (Å²) < 4.78 is 6.95. The molecule has 4 nitrogen and oxygen atoms in total. The minimum Gasteiger partial charge on any atom is -0.451 e. The Morgan fingerprint density at radius 2 is 1.28 bits per heavy atom. The van der Waals surface area contributed by atoms with Gasteiger partial charge >= 0.3 is 0 Å². The predicted molar refractivity (Wildman–Crippen MR) is 176 cm³/mol. The Morgan fingerprint density at radius 1 is 0.605 bits per heavy atom. The molecule has 0 saturated heterocycles. The molecular weight excluding hydrogens is 545 g/mol. The Kier molecular flexibility index (Phi) is 5.25. The SMILES string of the molecule is N#Cc1ccc(N2c3ccccc3Oc3c2cc2c4c3N(c3ccccc3)c3ccccc3B4c3ccccc3S2)cc1. The lowest BCUT2D eigenvalue weighted by atomic mass is 9.35. The first kappa shape index (κ1) is 24.2. The molecule has 6 aromatic carbocycles. The van der Waals surface area contributed by atoms with Crippen molar-refractivity contribution in [1.29, 1.82) is 5.26 Å². The number of rotatable bonds is 2. The van der Waals surface area contributed by atoms with E-state index in [0.717, 1.165) is 45.6 Å². The highest BCUT2D eigenvalue weighted by atomic mass is 32.2. The zero-order chi connectivity index (χ0) is 28.5. The number of fused-ring (bicyclic) bond motifs is 7. The summed E-state index contributed by atoms with van der Waals surface area (Å²) in [4.78, 5) is 7.14. The van der Waals surface area contributed by atoms with Crippen molar-refractivity contribution in [3.63, 3.8) is 0 Å². The zero-order valence-electron chi connectivity index (χ0n) is 22.9. The second kappa shape index (κ2) is 9.32. The van der Waals surface area contributed by atoms with Gasteiger partial charge in [0.15, 0.2) is 11.5 Å². The molecule has 6 aromatic rings. The van der Waals surface area contributed by atoms with E-state index in [1.165, 1.54) is 26.2 Å². The molecule has 9 rings (SSSR count). The maximum Gasteiger partial charge on any atom is 0.249 e. The zero-order valence-corrected chi connectivity index (χ0v) is 23.8. The topological polar surface area (TPSA) is 39.5 Å². The van der Waals surface area contributed by atoms with Crippen LogP contribution >= 0.6 is 11.8 Å². The standard InChI is InChI=1S/C37H22BN3OS/c39-23-24-18-20-26(21-19-24)40-30-15-7-8-16-32(30)42-37-31(40)22-34-35-36(37)41(25-10-2-1-3-11-25)29-14-6-4-12-27(29)38(35)28-13-5-9-17-33(28)43-34/h1-22H. The minimum absolute atomic E-state index is 0.0769. The van der Waals surface area contributed by atoms with E-state index in [1.54, 1.807) is 0 Å². The quantitative estimate of drug-likeness (QED) is 0.199. The summed E-state index contributed by atoms with van der Waals surface area (Å²) >= 11 is 1.83. The van der Waals surface area contributed by atoms with Gasteiger partial charge in [-0.3, -0.25) is 0 Å². The second-order valence-corrected chi connectivity index (χ2v) is 11.9. The van der Waals surface area contributed by atoms with Gasteiger partial charge in [-0.25, -0.2) is 0 Å². The molecule has 0 unspecified atom stereocenters. The Morgan fingerprint density at radius 3 is 2.09 bits per heavy atom. The van der Waals surface area contributed by atoms with E-state index in [4.69, 9.17) is 4.74 Å². The third kappa shape index (κ3) is 3.52. The monoisotopic (exact) mass is 567 g/mol. The summed E-state index contributed by atoms with van der Waals surface area (Å²) in [5, 5.41) is 9.49. The van der Waals surface area contributed by atoms with E-state index in [0.29, 0.717) is 5.56 Å². The second-order valence-electron chi connectivity index (χ2n) is 10.9. The Labute approximate surface area is 254 Å². The minimum atomic E-state index is 0.0769. The van der Waals surface area contributed by atoms with Crippen molar-refractivity contribution >= 4 is 69.0 Å². The fraction of sp³-hybridized carbons (Fsp3) is 0. The lowest BCUT2D eigenvalue weighted by Crippen LogP contribution is -2.60. The van der Waals surface area contributed by atoms with E-state index in [1.807, 2.05) is 54.2 Å². The van der Waals surface area contributed by atoms with E-state index in [2.05, 4.69) is 107 Å². The molecule has 0 aromatic heterocycles. The summed E-state index contributed by atoms with van der Waals surface area (Å²) in [6, 6.07) is 48.7. The van der Waals surface area contributed by atoms with Gasteiger partial charge in [0.2, 0.25) is 6.71 Å². The third-order valence-electron chi connectivity index (χ3n) is 8.52. The van der Waals surface area contributed by atoms with E-state index in [9.17, 15) is 5.26 Å². The molecule has 0 spiro atoms. The van der Waals surface area contributed by atoms with Crippen LogP contribution in [0.3, 0.4) is 0 Å². The summed E-state index contributed by atoms with van der Waals surface area (Å²) in [5.41, 5.74) is 10.7. The number of hydrogen-bond donors (Lipinski definition) is 0. The molecule has 3 aliphatic heterocycles. The van der Waals surface area contributed by atoms with Crippen LogP contribution in [0, 0.1) is 11.3 Å². The Bertz CT molecular complexity index is 2120. The van der Waals surface area contributed by atoms with Gasteiger partial charge in [0.05, 0.1) is 28.7 Å². The van der Waals surface area contributed by atoms with Crippen LogP contribution in [-0.2, 0) is 0 Å². The number of benzene rings is 6. The smallest absolute Gasteiger partial charge is 0.249 e. The van der Waals surface area contributed by atoms with Crippen LogP contribution in [0.5, 0.6) is 11.5 Å². The number of para-hydroxylation sites is 4. The predicted octanol–water partition coefficient (Wildman–Crippen LogP) is 7.90. The Balaban J connectivity index is 1.40. The van der Waals surface area contributed by atoms with Crippen molar-refractivity contribution in [2.24, 2.45) is 0 Å². The van der Waals surface area contributed by atoms with Crippen LogP contribution in [0.1, 0.15) is 5.56 Å². The highest BCUT2D eigenvalue weighted by Gasteiger charge is 2.44. The summed E-state index contributed by atoms with van der Waals surface area (Å²) in [6.45, 7) is 0.0769. The normalized spacial score (nSPS) is 13.5. The van der Waals surface area contributed by atoms with Gasteiger partial charge in [-0.05, 0) is 77.7 Å². The van der Waals surface area contributed by atoms with Crippen LogP contribution < -0.4 is 30.9 Å². The molecule has 0 amide bonds. The average Bonchev–Trinajstić information content (AvgIpc) is 3.07. The summed E-state index contributed by atoms with van der Waals surface area (Å²) in [6.07, 6.45) is 0. The first-order valence-electron chi connectivity index (χ1n) is 14.3. The van der Waals surface area contributed by atoms with Crippen molar-refractivity contribution < 1.29 is 4.74 Å². The maximum absolute atomic E-state index is 9.49. The van der Waals surface area contributed by atoms with Crippen molar-refractivity contribution in [2.45, 2.75) is 9.79 Å². The van der Waals surface area contributed by atoms with Crippen molar-refractivity contribution in [1.82, 2.24) is 0 Å². The largest absolute Gasteiger partial charge is 0.451 e. The van der Waals surface area contributed by atoms with Gasteiger partial charge in [-0.1, -0.05) is 84.0 Å². The van der Waals surface area contributed by atoms with Gasteiger partial charge in [0, 0.05) is 26.9 Å². The number of hydrogen-bond acceptors (Lipinski definition) is 5. The molecule has 0 radical (unpaired) electrons. The fourth-order valence-corrected chi connectivity index (χ4v) is 7.90. The van der Waals surface area contributed by atoms with Crippen LogP contribution in [0.25, 0.3) is 0 Å². The molecule has 0 aliphatic carbocycles. The van der Waals surface area contributed by atoms with Gasteiger partial charge in [-0.15, -0.1) is 0 Å². The number of anilines is 6. The molecule has 0 saturated carbocycles. The average molecular weight is 567 g/mol. The Hall–Kier alpha value is -5.38. The van der Waals surface area contributed by atoms with E-state index >= 15 is 0 Å². The maximum atomic E-state index is 9.49. The van der Waals surface area contributed by atoms with Crippen molar-refractivity contribution in [3.8, 4) is 17.6 Å². The number of nitriles is 1. The molecule has 0 N–H and O–H groups in total. The molecule has 0 bridgehead atoms. The summed E-state index contributed by atoms with van der Waals surface area (Å²) in [7, 11) is 0. The number of ether oxygens (including phenoxy) is 1. The highest BCUT2D eigenvalue weighted by molar-refractivity contribution is 8.00. The molecule has 3 heterocycles. The van der Waals surface area contributed by atoms with Crippen molar-refractivity contribution in [3.05, 3.63) is 139 Å². The number of nitrogens with zero attached hydrogens (tertiary/aromatic N) is 3. The molecule has 3 aliphatic rings. The fourth-order valence-electron chi connectivity index (χ4n) is 6.72. The van der Waals surface area contributed by atoms with Crippen molar-refractivity contribution in [2.75, 3.05) is 9.80 Å². The molecule has 43 heavy (non-hydrogen) atoms. The van der Waals surface area contributed by atoms with E-state index in [-0.39, 0.29) is 6.71 Å². The van der Waals surface area contributed by atoms with Crippen LogP contribution in [-0.4, -0.2) is 6.71 Å². The van der Waals surface area contributed by atoms with Crippen LogP contribution in [0.2, 0.25) is 0 Å². The van der Waals surface area contributed by atoms with Gasteiger partial charge < -0.3 is 14.5 Å². The highest BCUT2D eigenvalue weighted by Crippen LogP contribution is 2.57. The third-order valence-corrected chi connectivity index (χ3v) is 9.66. The molecule has 200 valence electrons. The van der Waals surface area contributed by atoms with Crippen LogP contribution in [0.4, 0.5) is 34.1 Å². The first-order valence-corrected chi connectivity index (χ1v) is 15.1. The lowest BCUT2D eigenvalue weighted by molar-refractivity contribution is 0.478. The van der Waals surface area contributed by atoms with E-state index < -0.39 is 0 Å². The van der Waals surface area contributed by atoms with Gasteiger partial charge in [0.25, 0.3) is 0 Å². The van der Waals surface area contributed by atoms with Crippen LogP contribution in [0.15, 0.2) is 143 Å². The molecule has 6 heteroatoms. The first-order chi connectivity index (χ1) is 21.3.